The highest BCUT2D eigenvalue weighted by molar-refractivity contribution is 5.56. The third kappa shape index (κ3) is 5.19. The van der Waals surface area contributed by atoms with Crippen LogP contribution in [0.5, 0.6) is 0 Å². The maximum absolute atomic E-state index is 12.1. The Bertz CT molecular complexity index is 605. The van der Waals surface area contributed by atoms with Crippen molar-refractivity contribution in [3.05, 3.63) is 59.7 Å². The van der Waals surface area contributed by atoms with Crippen LogP contribution in [0.1, 0.15) is 11.1 Å². The summed E-state index contributed by atoms with van der Waals surface area (Å²) in [5, 5.41) is 0. The maximum atomic E-state index is 12.1. The van der Waals surface area contributed by atoms with E-state index < -0.39 is 23.5 Å². The minimum absolute atomic E-state index is 0.0523. The lowest BCUT2D eigenvalue weighted by Gasteiger charge is -2.09. The quantitative estimate of drug-likeness (QED) is 0.551. The molecule has 0 aromatic heterocycles. The summed E-state index contributed by atoms with van der Waals surface area (Å²) in [6.07, 6.45) is -8.64. The molecule has 0 spiro atoms. The average molecular weight is 322 g/mol. The highest BCUT2D eigenvalue weighted by Gasteiger charge is 2.32. The first-order chi connectivity index (χ1) is 10.0. The predicted molar refractivity (Wildman–Crippen MR) is 71.7 cm³/mol. The first-order valence-electron chi connectivity index (χ1n) is 5.86. The van der Waals surface area contributed by atoms with E-state index in [-0.39, 0.29) is 11.4 Å². The Morgan fingerprint density at radius 1 is 0.682 bits per heavy atom. The molecule has 0 bridgehead atoms. The lowest BCUT2D eigenvalue weighted by atomic mass is 10.1. The van der Waals surface area contributed by atoms with E-state index >= 15 is 0 Å². The summed E-state index contributed by atoms with van der Waals surface area (Å²) in [6, 6.07) is 9.64. The number of alkyl halides is 6. The molecule has 2 aromatic carbocycles. The highest BCUT2D eigenvalue weighted by atomic mass is 19.4. The molecule has 0 aliphatic heterocycles. The maximum Gasteiger partial charge on any atom is 0.418 e. The molecular weight excluding hydrogens is 310 g/mol. The molecule has 0 fully saturated rings. The van der Waals surface area contributed by atoms with Gasteiger partial charge < -0.3 is 11.5 Å². The van der Waals surface area contributed by atoms with Gasteiger partial charge in [0.1, 0.15) is 0 Å². The third-order valence-electron chi connectivity index (χ3n) is 2.48. The van der Waals surface area contributed by atoms with Crippen LogP contribution in [0.3, 0.4) is 0 Å². The fraction of sp³-hybridized carbons (Fsp3) is 0.143. The molecule has 2 rings (SSSR count). The van der Waals surface area contributed by atoms with Gasteiger partial charge in [0.05, 0.1) is 11.1 Å². The molecule has 2 nitrogen and oxygen atoms in total. The molecule has 0 unspecified atom stereocenters. The van der Waals surface area contributed by atoms with Crippen molar-refractivity contribution in [3.8, 4) is 0 Å². The summed E-state index contributed by atoms with van der Waals surface area (Å²) >= 11 is 0. The molecular formula is C14H12F6N2. The van der Waals surface area contributed by atoms with Crippen molar-refractivity contribution in [1.82, 2.24) is 0 Å². The summed E-state index contributed by atoms with van der Waals surface area (Å²) in [5.41, 5.74) is 8.52. The second kappa shape index (κ2) is 6.59. The molecule has 0 atom stereocenters. The monoisotopic (exact) mass is 322 g/mol. The van der Waals surface area contributed by atoms with Crippen LogP contribution in [0.15, 0.2) is 48.5 Å². The predicted octanol–water partition coefficient (Wildman–Crippen LogP) is 4.58. The van der Waals surface area contributed by atoms with Crippen LogP contribution in [0.2, 0.25) is 0 Å². The van der Waals surface area contributed by atoms with Crippen LogP contribution in [0.25, 0.3) is 0 Å². The zero-order valence-corrected chi connectivity index (χ0v) is 11.0. The van der Waals surface area contributed by atoms with Gasteiger partial charge in [-0.1, -0.05) is 30.3 Å². The van der Waals surface area contributed by atoms with Crippen molar-refractivity contribution in [2.75, 3.05) is 11.5 Å². The van der Waals surface area contributed by atoms with E-state index in [1.54, 1.807) is 6.07 Å². The van der Waals surface area contributed by atoms with Crippen molar-refractivity contribution in [3.63, 3.8) is 0 Å². The van der Waals surface area contributed by atoms with Crippen molar-refractivity contribution < 1.29 is 26.3 Å². The summed E-state index contributed by atoms with van der Waals surface area (Å²) in [4.78, 5) is 0. The number of rotatable bonds is 0. The molecule has 0 heterocycles. The lowest BCUT2D eigenvalue weighted by molar-refractivity contribution is -0.138. The van der Waals surface area contributed by atoms with Crippen LogP contribution in [-0.4, -0.2) is 0 Å². The highest BCUT2D eigenvalue weighted by Crippen LogP contribution is 2.34. The van der Waals surface area contributed by atoms with Crippen molar-refractivity contribution in [2.24, 2.45) is 0 Å². The summed E-state index contributed by atoms with van der Waals surface area (Å²) in [6.45, 7) is 0. The van der Waals surface area contributed by atoms with E-state index in [1.165, 1.54) is 18.2 Å². The van der Waals surface area contributed by atoms with E-state index in [0.29, 0.717) is 0 Å². The number of nitrogens with two attached hydrogens (primary N) is 2. The van der Waals surface area contributed by atoms with Gasteiger partial charge in [-0.15, -0.1) is 0 Å². The molecule has 4 N–H and O–H groups in total. The second-order valence-corrected chi connectivity index (χ2v) is 4.21. The zero-order valence-electron chi connectivity index (χ0n) is 11.0. The molecule has 0 saturated heterocycles. The fourth-order valence-electron chi connectivity index (χ4n) is 1.45. The lowest BCUT2D eigenvalue weighted by Crippen LogP contribution is -2.09. The first kappa shape index (κ1) is 17.7. The van der Waals surface area contributed by atoms with Gasteiger partial charge in [-0.05, 0) is 18.2 Å². The molecule has 0 radical (unpaired) electrons. The Balaban J connectivity index is 0.000000224. The van der Waals surface area contributed by atoms with Gasteiger partial charge in [-0.2, -0.15) is 26.3 Å². The number of halogens is 6. The molecule has 22 heavy (non-hydrogen) atoms. The Kier molecular flexibility index (Phi) is 5.29. The molecule has 120 valence electrons. The smallest absolute Gasteiger partial charge is 0.399 e. The van der Waals surface area contributed by atoms with Crippen LogP contribution < -0.4 is 11.5 Å². The van der Waals surface area contributed by atoms with Crippen molar-refractivity contribution in [2.45, 2.75) is 12.4 Å². The number of hydrogen-bond acceptors (Lipinski definition) is 2. The Morgan fingerprint density at radius 3 is 1.59 bits per heavy atom. The third-order valence-corrected chi connectivity index (χ3v) is 2.48. The normalized spacial score (nSPS) is 11.5. The SMILES string of the molecule is FC(F)(F)c1ccccc1.Nc1ccc(N)c(C(F)(F)F)c1. The fourth-order valence-corrected chi connectivity index (χ4v) is 1.45. The van der Waals surface area contributed by atoms with Gasteiger partial charge in [-0.25, -0.2) is 0 Å². The first-order valence-corrected chi connectivity index (χ1v) is 5.86. The summed E-state index contributed by atoms with van der Waals surface area (Å²) in [7, 11) is 0. The molecule has 0 aliphatic carbocycles. The van der Waals surface area contributed by atoms with Crippen LogP contribution in [0, 0.1) is 0 Å². The largest absolute Gasteiger partial charge is 0.418 e. The van der Waals surface area contributed by atoms with E-state index in [1.807, 2.05) is 0 Å². The van der Waals surface area contributed by atoms with Gasteiger partial charge in [0.15, 0.2) is 0 Å². The zero-order chi connectivity index (χ0) is 17.0. The van der Waals surface area contributed by atoms with E-state index in [4.69, 9.17) is 11.5 Å². The number of nitrogen functional groups attached to an aromatic ring is 2. The Morgan fingerprint density at radius 2 is 1.23 bits per heavy atom. The van der Waals surface area contributed by atoms with Gasteiger partial charge in [0.25, 0.3) is 0 Å². The summed E-state index contributed by atoms with van der Waals surface area (Å²) in [5.74, 6) is 0. The van der Waals surface area contributed by atoms with E-state index in [9.17, 15) is 26.3 Å². The minimum Gasteiger partial charge on any atom is -0.399 e. The van der Waals surface area contributed by atoms with E-state index in [0.717, 1.165) is 24.3 Å². The Hall–Kier alpha value is -2.38. The summed E-state index contributed by atoms with van der Waals surface area (Å²) < 4.78 is 71.6. The number of anilines is 2. The minimum atomic E-state index is -4.43. The second-order valence-electron chi connectivity index (χ2n) is 4.21. The Labute approximate surface area is 122 Å². The number of hydrogen-bond donors (Lipinski definition) is 2. The van der Waals surface area contributed by atoms with Crippen molar-refractivity contribution in [1.29, 1.82) is 0 Å². The molecule has 0 saturated carbocycles. The molecule has 2 aromatic rings. The molecule has 8 heteroatoms. The average Bonchev–Trinajstić information content (AvgIpc) is 2.41. The van der Waals surface area contributed by atoms with Gasteiger partial charge >= 0.3 is 12.4 Å². The van der Waals surface area contributed by atoms with Gasteiger partial charge in [0.2, 0.25) is 0 Å². The van der Waals surface area contributed by atoms with Gasteiger partial charge in [0, 0.05) is 11.4 Å². The van der Waals surface area contributed by atoms with Crippen LogP contribution in [0.4, 0.5) is 37.7 Å². The molecule has 0 aliphatic rings. The number of benzene rings is 2. The van der Waals surface area contributed by atoms with Crippen LogP contribution >= 0.6 is 0 Å². The van der Waals surface area contributed by atoms with Crippen LogP contribution in [-0.2, 0) is 12.4 Å². The van der Waals surface area contributed by atoms with Gasteiger partial charge in [-0.3, -0.25) is 0 Å². The van der Waals surface area contributed by atoms with E-state index in [2.05, 4.69) is 0 Å². The van der Waals surface area contributed by atoms with Crippen molar-refractivity contribution >= 4 is 11.4 Å². The topological polar surface area (TPSA) is 52.0 Å². The molecule has 0 amide bonds. The standard InChI is InChI=1S/C7H7F3N2.C7H5F3/c8-7(9,10)5-3-4(11)1-2-6(5)12;8-7(9,10)6-4-2-1-3-5-6/h1-3H,11-12H2;1-5H.